The fourth-order valence-corrected chi connectivity index (χ4v) is 2.00. The molecule has 1 unspecified atom stereocenters. The van der Waals surface area contributed by atoms with Gasteiger partial charge in [-0.1, -0.05) is 30.3 Å². The number of rotatable bonds is 5. The zero-order valence-corrected chi connectivity index (χ0v) is 11.8. The number of amides is 1. The molecular weight excluding hydrogens is 250 g/mol. The number of carbonyl (C=O) groups is 1. The van der Waals surface area contributed by atoms with Crippen molar-refractivity contribution in [2.75, 3.05) is 11.9 Å². The van der Waals surface area contributed by atoms with Crippen LogP contribution >= 0.6 is 0 Å². The van der Waals surface area contributed by atoms with Crippen LogP contribution in [0.2, 0.25) is 0 Å². The van der Waals surface area contributed by atoms with Crippen molar-refractivity contribution in [3.05, 3.63) is 59.8 Å². The van der Waals surface area contributed by atoms with Gasteiger partial charge in [-0.25, -0.2) is 4.98 Å². The van der Waals surface area contributed by atoms with E-state index in [1.165, 1.54) is 0 Å². The van der Waals surface area contributed by atoms with Crippen molar-refractivity contribution in [2.24, 2.45) is 0 Å². The summed E-state index contributed by atoms with van der Waals surface area (Å²) in [7, 11) is 0. The Labute approximate surface area is 119 Å². The summed E-state index contributed by atoms with van der Waals surface area (Å²) in [5.41, 5.74) is 1.65. The average molecular weight is 269 g/mol. The number of hydrogen-bond acceptors (Lipinski definition) is 3. The van der Waals surface area contributed by atoms with Crippen molar-refractivity contribution >= 4 is 11.7 Å². The van der Waals surface area contributed by atoms with Crippen LogP contribution in [0.4, 0.5) is 5.82 Å². The number of aromatic nitrogens is 1. The predicted molar refractivity (Wildman–Crippen MR) is 80.7 cm³/mol. The molecule has 0 radical (unpaired) electrons. The molecule has 2 aromatic rings. The SMILES string of the molecule is CCNc1ncccc1C(=O)NC(C)c1ccccc1. The second-order valence-corrected chi connectivity index (χ2v) is 4.54. The van der Waals surface area contributed by atoms with E-state index in [9.17, 15) is 4.79 Å². The van der Waals surface area contributed by atoms with Gasteiger partial charge < -0.3 is 10.6 Å². The molecule has 0 aliphatic carbocycles. The van der Waals surface area contributed by atoms with Crippen molar-refractivity contribution in [1.29, 1.82) is 0 Å². The molecule has 1 amide bonds. The average Bonchev–Trinajstić information content (AvgIpc) is 2.49. The summed E-state index contributed by atoms with van der Waals surface area (Å²) in [5.74, 6) is 0.498. The topological polar surface area (TPSA) is 54.0 Å². The van der Waals surface area contributed by atoms with E-state index in [0.29, 0.717) is 11.4 Å². The molecule has 104 valence electrons. The summed E-state index contributed by atoms with van der Waals surface area (Å²) >= 11 is 0. The molecule has 1 heterocycles. The molecule has 1 atom stereocenters. The lowest BCUT2D eigenvalue weighted by Gasteiger charge is -2.15. The summed E-state index contributed by atoms with van der Waals surface area (Å²) in [6.07, 6.45) is 1.68. The standard InChI is InChI=1S/C16H19N3O/c1-3-17-15-14(10-7-11-18-15)16(20)19-12(2)13-8-5-4-6-9-13/h4-12H,3H2,1-2H3,(H,17,18)(H,19,20). The quantitative estimate of drug-likeness (QED) is 0.877. The number of nitrogens with zero attached hydrogens (tertiary/aromatic N) is 1. The Morgan fingerprint density at radius 1 is 1.20 bits per heavy atom. The van der Waals surface area contributed by atoms with Crippen LogP contribution in [-0.2, 0) is 0 Å². The lowest BCUT2D eigenvalue weighted by Crippen LogP contribution is -2.27. The van der Waals surface area contributed by atoms with E-state index in [2.05, 4.69) is 15.6 Å². The smallest absolute Gasteiger partial charge is 0.255 e. The van der Waals surface area contributed by atoms with Crippen LogP contribution in [0.15, 0.2) is 48.7 Å². The Bertz CT molecular complexity index is 569. The van der Waals surface area contributed by atoms with E-state index in [0.717, 1.165) is 12.1 Å². The summed E-state index contributed by atoms with van der Waals surface area (Å²) in [4.78, 5) is 16.5. The molecule has 20 heavy (non-hydrogen) atoms. The molecule has 1 aromatic carbocycles. The van der Waals surface area contributed by atoms with Crippen LogP contribution in [0, 0.1) is 0 Å². The van der Waals surface area contributed by atoms with Crippen LogP contribution in [0.3, 0.4) is 0 Å². The molecular formula is C16H19N3O. The summed E-state index contributed by atoms with van der Waals surface area (Å²) in [5, 5.41) is 6.09. The van der Waals surface area contributed by atoms with Crippen LogP contribution in [0.5, 0.6) is 0 Å². The van der Waals surface area contributed by atoms with Gasteiger partial charge in [-0.15, -0.1) is 0 Å². The number of hydrogen-bond donors (Lipinski definition) is 2. The summed E-state index contributed by atoms with van der Waals surface area (Å²) in [6.45, 7) is 4.67. The van der Waals surface area contributed by atoms with Crippen LogP contribution in [0.25, 0.3) is 0 Å². The highest BCUT2D eigenvalue weighted by Gasteiger charge is 2.14. The molecule has 0 bridgehead atoms. The molecule has 1 aromatic heterocycles. The van der Waals surface area contributed by atoms with Gasteiger partial charge in [0.1, 0.15) is 5.82 Å². The van der Waals surface area contributed by atoms with Gasteiger partial charge in [0.2, 0.25) is 0 Å². The van der Waals surface area contributed by atoms with Crippen LogP contribution < -0.4 is 10.6 Å². The minimum Gasteiger partial charge on any atom is -0.370 e. The first-order valence-electron chi connectivity index (χ1n) is 6.77. The Morgan fingerprint density at radius 3 is 2.65 bits per heavy atom. The third-order valence-corrected chi connectivity index (χ3v) is 3.04. The molecule has 0 saturated carbocycles. The van der Waals surface area contributed by atoms with E-state index in [1.807, 2.05) is 44.2 Å². The lowest BCUT2D eigenvalue weighted by atomic mass is 10.1. The minimum absolute atomic E-state index is 0.0432. The Hall–Kier alpha value is -2.36. The molecule has 2 N–H and O–H groups in total. The number of nitrogens with one attached hydrogen (secondary N) is 2. The maximum absolute atomic E-state index is 12.3. The number of benzene rings is 1. The van der Waals surface area contributed by atoms with E-state index < -0.39 is 0 Å². The third kappa shape index (κ3) is 3.35. The maximum atomic E-state index is 12.3. The van der Waals surface area contributed by atoms with Crippen molar-refractivity contribution < 1.29 is 4.79 Å². The Kier molecular flexibility index (Phi) is 4.71. The zero-order valence-electron chi connectivity index (χ0n) is 11.8. The first kappa shape index (κ1) is 14.1. The monoisotopic (exact) mass is 269 g/mol. The molecule has 4 nitrogen and oxygen atoms in total. The largest absolute Gasteiger partial charge is 0.370 e. The Morgan fingerprint density at radius 2 is 1.95 bits per heavy atom. The van der Waals surface area contributed by atoms with Gasteiger partial charge in [0.15, 0.2) is 0 Å². The lowest BCUT2D eigenvalue weighted by molar-refractivity contribution is 0.0940. The second-order valence-electron chi connectivity index (χ2n) is 4.54. The third-order valence-electron chi connectivity index (χ3n) is 3.04. The van der Waals surface area contributed by atoms with E-state index >= 15 is 0 Å². The normalized spacial score (nSPS) is 11.7. The van der Waals surface area contributed by atoms with Gasteiger partial charge in [0, 0.05) is 12.7 Å². The molecule has 0 saturated heterocycles. The molecule has 2 rings (SSSR count). The summed E-state index contributed by atoms with van der Waals surface area (Å²) < 4.78 is 0. The van der Waals surface area contributed by atoms with E-state index in [4.69, 9.17) is 0 Å². The van der Waals surface area contributed by atoms with Crippen LogP contribution in [0.1, 0.15) is 35.8 Å². The minimum atomic E-state index is -0.120. The number of anilines is 1. The highest BCUT2D eigenvalue weighted by atomic mass is 16.1. The van der Waals surface area contributed by atoms with Crippen molar-refractivity contribution in [3.8, 4) is 0 Å². The number of carbonyl (C=O) groups excluding carboxylic acids is 1. The van der Waals surface area contributed by atoms with Gasteiger partial charge >= 0.3 is 0 Å². The molecule has 4 heteroatoms. The fourth-order valence-electron chi connectivity index (χ4n) is 2.00. The van der Waals surface area contributed by atoms with E-state index in [-0.39, 0.29) is 11.9 Å². The van der Waals surface area contributed by atoms with Gasteiger partial charge in [-0.05, 0) is 31.5 Å². The maximum Gasteiger partial charge on any atom is 0.255 e. The highest BCUT2D eigenvalue weighted by molar-refractivity contribution is 5.98. The molecule has 0 spiro atoms. The van der Waals surface area contributed by atoms with Crippen molar-refractivity contribution in [3.63, 3.8) is 0 Å². The summed E-state index contributed by atoms with van der Waals surface area (Å²) in [6, 6.07) is 13.4. The Balaban J connectivity index is 2.12. The van der Waals surface area contributed by atoms with Crippen molar-refractivity contribution in [2.45, 2.75) is 19.9 Å². The second kappa shape index (κ2) is 6.70. The fraction of sp³-hybridized carbons (Fsp3) is 0.250. The highest BCUT2D eigenvalue weighted by Crippen LogP contribution is 2.15. The van der Waals surface area contributed by atoms with Gasteiger partial charge in [0.05, 0.1) is 11.6 Å². The van der Waals surface area contributed by atoms with Gasteiger partial charge in [-0.3, -0.25) is 4.79 Å². The van der Waals surface area contributed by atoms with Crippen molar-refractivity contribution in [1.82, 2.24) is 10.3 Å². The molecule has 0 aliphatic heterocycles. The zero-order chi connectivity index (χ0) is 14.4. The molecule has 0 fully saturated rings. The van der Waals surface area contributed by atoms with Gasteiger partial charge in [-0.2, -0.15) is 0 Å². The first-order valence-corrected chi connectivity index (χ1v) is 6.77. The van der Waals surface area contributed by atoms with E-state index in [1.54, 1.807) is 18.3 Å². The van der Waals surface area contributed by atoms with Gasteiger partial charge in [0.25, 0.3) is 5.91 Å². The predicted octanol–water partition coefficient (Wildman–Crippen LogP) is 3.00. The molecule has 0 aliphatic rings. The van der Waals surface area contributed by atoms with Crippen LogP contribution in [-0.4, -0.2) is 17.4 Å². The first-order chi connectivity index (χ1) is 9.72. The number of pyridine rings is 1.